The zero-order chi connectivity index (χ0) is 11.7. The lowest BCUT2D eigenvalue weighted by molar-refractivity contribution is 0.0653. The van der Waals surface area contributed by atoms with E-state index in [9.17, 15) is 4.79 Å². The summed E-state index contributed by atoms with van der Waals surface area (Å²) in [5, 5.41) is 0.556. The van der Waals surface area contributed by atoms with Gasteiger partial charge in [-0.15, -0.1) is 0 Å². The zero-order valence-electron chi connectivity index (χ0n) is 9.24. The molecule has 1 amide bonds. The molecule has 86 valence electrons. The van der Waals surface area contributed by atoms with Crippen LogP contribution in [-0.4, -0.2) is 23.9 Å². The largest absolute Gasteiger partial charge is 0.398 e. The fraction of sp³-hybridized carbons (Fsp3) is 0.417. The first-order chi connectivity index (χ1) is 7.59. The van der Waals surface area contributed by atoms with E-state index in [2.05, 4.69) is 0 Å². The van der Waals surface area contributed by atoms with Crippen LogP contribution in [0.4, 0.5) is 5.69 Å². The highest BCUT2D eigenvalue weighted by atomic mass is 35.5. The second-order valence-corrected chi connectivity index (χ2v) is 4.67. The molecule has 0 spiro atoms. The molecular weight excluding hydrogens is 224 g/mol. The summed E-state index contributed by atoms with van der Waals surface area (Å²) in [5.41, 5.74) is 6.78. The minimum Gasteiger partial charge on any atom is -0.398 e. The van der Waals surface area contributed by atoms with E-state index < -0.39 is 0 Å². The van der Waals surface area contributed by atoms with E-state index in [4.69, 9.17) is 17.3 Å². The molecule has 0 radical (unpaired) electrons. The molecule has 0 atom stereocenters. The molecule has 0 unspecified atom stereocenters. The van der Waals surface area contributed by atoms with Gasteiger partial charge in [0, 0.05) is 23.8 Å². The van der Waals surface area contributed by atoms with Crippen LogP contribution in [0.15, 0.2) is 18.2 Å². The van der Waals surface area contributed by atoms with Crippen LogP contribution in [0.3, 0.4) is 0 Å². The van der Waals surface area contributed by atoms with Crippen molar-refractivity contribution in [2.45, 2.75) is 25.3 Å². The fourth-order valence-corrected chi connectivity index (χ4v) is 2.04. The summed E-state index contributed by atoms with van der Waals surface area (Å²) < 4.78 is 0. The number of carbonyl (C=O) groups is 1. The first-order valence-corrected chi connectivity index (χ1v) is 5.79. The third-order valence-electron chi connectivity index (χ3n) is 3.19. The molecule has 0 aromatic heterocycles. The number of rotatable bonds is 2. The molecule has 3 nitrogen and oxygen atoms in total. The van der Waals surface area contributed by atoms with Gasteiger partial charge >= 0.3 is 0 Å². The van der Waals surface area contributed by atoms with Crippen LogP contribution in [0.25, 0.3) is 0 Å². The molecule has 1 aromatic rings. The average molecular weight is 239 g/mol. The highest BCUT2D eigenvalue weighted by molar-refractivity contribution is 6.31. The van der Waals surface area contributed by atoms with Gasteiger partial charge in [0.25, 0.3) is 5.91 Å². The zero-order valence-corrected chi connectivity index (χ0v) is 10.00. The lowest BCUT2D eigenvalue weighted by Gasteiger charge is -2.35. The van der Waals surface area contributed by atoms with Gasteiger partial charge < -0.3 is 10.6 Å². The van der Waals surface area contributed by atoms with Gasteiger partial charge in [-0.3, -0.25) is 4.79 Å². The number of carbonyl (C=O) groups excluding carboxylic acids is 1. The van der Waals surface area contributed by atoms with Gasteiger partial charge in [-0.25, -0.2) is 0 Å². The minimum absolute atomic E-state index is 0.0149. The maximum absolute atomic E-state index is 12.1. The fourth-order valence-electron chi connectivity index (χ4n) is 1.86. The number of hydrogen-bond acceptors (Lipinski definition) is 2. The van der Waals surface area contributed by atoms with Gasteiger partial charge in [-0.2, -0.15) is 0 Å². The van der Waals surface area contributed by atoms with Crippen molar-refractivity contribution in [1.29, 1.82) is 0 Å². The molecule has 1 aliphatic rings. The number of halogens is 1. The third kappa shape index (κ3) is 2.00. The third-order valence-corrected chi connectivity index (χ3v) is 3.42. The molecule has 16 heavy (non-hydrogen) atoms. The van der Waals surface area contributed by atoms with Crippen molar-refractivity contribution in [2.75, 3.05) is 12.8 Å². The van der Waals surface area contributed by atoms with Crippen LogP contribution < -0.4 is 5.73 Å². The molecule has 0 heterocycles. The lowest BCUT2D eigenvalue weighted by Crippen LogP contribution is -2.41. The van der Waals surface area contributed by atoms with E-state index >= 15 is 0 Å². The van der Waals surface area contributed by atoms with Crippen molar-refractivity contribution in [1.82, 2.24) is 4.90 Å². The first-order valence-electron chi connectivity index (χ1n) is 5.42. The summed E-state index contributed by atoms with van der Waals surface area (Å²) in [7, 11) is 1.83. The number of anilines is 1. The molecule has 2 rings (SSSR count). The maximum atomic E-state index is 12.1. The highest BCUT2D eigenvalue weighted by Gasteiger charge is 2.27. The summed E-state index contributed by atoms with van der Waals surface area (Å²) in [6.07, 6.45) is 3.39. The van der Waals surface area contributed by atoms with E-state index in [1.54, 1.807) is 23.1 Å². The predicted octanol–water partition coefficient (Wildman–Crippen LogP) is 2.55. The number of nitrogens with zero attached hydrogens (tertiary/aromatic N) is 1. The Morgan fingerprint density at radius 2 is 2.19 bits per heavy atom. The molecule has 0 bridgehead atoms. The van der Waals surface area contributed by atoms with E-state index in [0.29, 0.717) is 22.3 Å². The first kappa shape index (κ1) is 11.3. The van der Waals surface area contributed by atoms with E-state index in [-0.39, 0.29) is 5.91 Å². The Hall–Kier alpha value is -1.22. The molecule has 1 aliphatic carbocycles. The van der Waals surface area contributed by atoms with Crippen molar-refractivity contribution in [2.24, 2.45) is 0 Å². The molecule has 1 fully saturated rings. The molecule has 2 N–H and O–H groups in total. The van der Waals surface area contributed by atoms with Crippen molar-refractivity contribution in [3.05, 3.63) is 28.8 Å². The topological polar surface area (TPSA) is 46.3 Å². The average Bonchev–Trinajstić information content (AvgIpc) is 2.14. The minimum atomic E-state index is -0.0149. The van der Waals surface area contributed by atoms with Gasteiger partial charge in [-0.05, 0) is 37.5 Å². The Morgan fingerprint density at radius 1 is 1.50 bits per heavy atom. The molecule has 1 aromatic carbocycles. The van der Waals surface area contributed by atoms with Crippen molar-refractivity contribution >= 4 is 23.2 Å². The number of benzene rings is 1. The second kappa shape index (κ2) is 4.34. The van der Waals surface area contributed by atoms with Crippen molar-refractivity contribution in [3.8, 4) is 0 Å². The molecule has 0 saturated heterocycles. The number of nitrogen functional groups attached to an aromatic ring is 1. The number of nitrogens with two attached hydrogens (primary N) is 1. The normalized spacial score (nSPS) is 15.6. The van der Waals surface area contributed by atoms with Crippen molar-refractivity contribution < 1.29 is 4.79 Å². The summed E-state index contributed by atoms with van der Waals surface area (Å²) >= 11 is 5.80. The highest BCUT2D eigenvalue weighted by Crippen LogP contribution is 2.26. The monoisotopic (exact) mass is 238 g/mol. The van der Waals surface area contributed by atoms with E-state index in [1.165, 1.54) is 6.42 Å². The Morgan fingerprint density at radius 3 is 2.69 bits per heavy atom. The Labute approximate surface area is 100 Å². The summed E-state index contributed by atoms with van der Waals surface area (Å²) in [4.78, 5) is 13.9. The smallest absolute Gasteiger partial charge is 0.255 e. The van der Waals surface area contributed by atoms with Gasteiger partial charge in [-0.1, -0.05) is 11.6 Å². The van der Waals surface area contributed by atoms with E-state index in [0.717, 1.165) is 12.8 Å². The van der Waals surface area contributed by atoms with Crippen LogP contribution in [0.2, 0.25) is 5.02 Å². The standard InChI is InChI=1S/C12H15ClN2O/c1-15(9-3-2-4-9)12(16)10-6-5-8(13)7-11(10)14/h5-7,9H,2-4,14H2,1H3. The van der Waals surface area contributed by atoms with Gasteiger partial charge in [0.1, 0.15) is 0 Å². The molecule has 4 heteroatoms. The van der Waals surface area contributed by atoms with Gasteiger partial charge in [0.2, 0.25) is 0 Å². The van der Waals surface area contributed by atoms with E-state index in [1.807, 2.05) is 7.05 Å². The SMILES string of the molecule is CN(C(=O)c1ccc(Cl)cc1N)C1CCC1. The maximum Gasteiger partial charge on any atom is 0.255 e. The van der Waals surface area contributed by atoms with Crippen LogP contribution in [0.5, 0.6) is 0 Å². The summed E-state index contributed by atoms with van der Waals surface area (Å²) in [5.74, 6) is -0.0149. The second-order valence-electron chi connectivity index (χ2n) is 4.23. The summed E-state index contributed by atoms with van der Waals surface area (Å²) in [6.45, 7) is 0. The van der Waals surface area contributed by atoms with Crippen LogP contribution >= 0.6 is 11.6 Å². The number of hydrogen-bond donors (Lipinski definition) is 1. The molecule has 1 saturated carbocycles. The van der Waals surface area contributed by atoms with Gasteiger partial charge in [0.15, 0.2) is 0 Å². The van der Waals surface area contributed by atoms with Gasteiger partial charge in [0.05, 0.1) is 5.56 Å². The quantitative estimate of drug-likeness (QED) is 0.805. The Balaban J connectivity index is 2.19. The Bertz CT molecular complexity index is 415. The molecular formula is C12H15ClN2O. The Kier molecular flexibility index (Phi) is 3.06. The summed E-state index contributed by atoms with van der Waals surface area (Å²) in [6, 6.07) is 5.38. The molecule has 0 aliphatic heterocycles. The predicted molar refractivity (Wildman–Crippen MR) is 65.6 cm³/mol. The lowest BCUT2D eigenvalue weighted by atomic mass is 9.91. The van der Waals surface area contributed by atoms with Crippen LogP contribution in [-0.2, 0) is 0 Å². The van der Waals surface area contributed by atoms with Crippen LogP contribution in [0.1, 0.15) is 29.6 Å². The van der Waals surface area contributed by atoms with Crippen molar-refractivity contribution in [3.63, 3.8) is 0 Å². The number of amides is 1. The van der Waals surface area contributed by atoms with Crippen LogP contribution in [0, 0.1) is 0 Å².